The normalized spacial score (nSPS) is 10.8. The smallest absolute Gasteiger partial charge is 0.331 e. The molecule has 0 atom stereocenters. The monoisotopic (exact) mass is 381 g/mol. The van der Waals surface area contributed by atoms with E-state index in [4.69, 9.17) is 9.78 Å². The Kier molecular flexibility index (Phi) is 4.88. The van der Waals surface area contributed by atoms with Crippen LogP contribution < -0.4 is 11.2 Å². The molecule has 0 aliphatic heterocycles. The molecule has 9 nitrogen and oxygen atoms in total. The van der Waals surface area contributed by atoms with E-state index < -0.39 is 23.6 Å². The zero-order valence-electron chi connectivity index (χ0n) is 16.0. The third-order valence-electron chi connectivity index (χ3n) is 4.58. The van der Waals surface area contributed by atoms with Gasteiger partial charge >= 0.3 is 5.69 Å². The van der Waals surface area contributed by atoms with E-state index in [0.29, 0.717) is 22.8 Å². The quantitative estimate of drug-likeness (QED) is 0.618. The Hall–Kier alpha value is -3.67. The maximum atomic E-state index is 12.9. The molecule has 0 spiro atoms. The molecule has 0 radical (unpaired) electrons. The number of hydrogen-bond acceptors (Lipinski definition) is 6. The Labute approximate surface area is 160 Å². The summed E-state index contributed by atoms with van der Waals surface area (Å²) in [5.41, 5.74) is 0.175. The molecule has 0 saturated carbocycles. The van der Waals surface area contributed by atoms with Crippen molar-refractivity contribution in [2.24, 2.45) is 0 Å². The molecule has 3 aromatic heterocycles. The summed E-state index contributed by atoms with van der Waals surface area (Å²) in [6, 6.07) is 5.20. The topological polar surface area (TPSA) is 116 Å². The van der Waals surface area contributed by atoms with E-state index in [-0.39, 0.29) is 12.1 Å². The molecule has 9 heteroatoms. The van der Waals surface area contributed by atoms with Crippen LogP contribution in [0.2, 0.25) is 0 Å². The molecule has 3 aromatic rings. The highest BCUT2D eigenvalue weighted by atomic mass is 16.5. The molecule has 0 fully saturated rings. The van der Waals surface area contributed by atoms with Gasteiger partial charge in [0.25, 0.3) is 5.56 Å². The molecular weight excluding hydrogens is 362 g/mol. The van der Waals surface area contributed by atoms with Crippen LogP contribution in [0.3, 0.4) is 0 Å². The zero-order valence-corrected chi connectivity index (χ0v) is 16.0. The lowest BCUT2D eigenvalue weighted by Gasteiger charge is -2.09. The highest BCUT2D eigenvalue weighted by molar-refractivity contribution is 5.97. The van der Waals surface area contributed by atoms with Crippen molar-refractivity contribution in [2.45, 2.75) is 40.8 Å². The number of nitriles is 1. The van der Waals surface area contributed by atoms with E-state index in [2.05, 4.69) is 5.16 Å². The fourth-order valence-electron chi connectivity index (χ4n) is 3.18. The number of hydrogen-bond donors (Lipinski definition) is 0. The average Bonchev–Trinajstić information content (AvgIpc) is 3.21. The minimum Gasteiger partial charge on any atom is -0.360 e. The van der Waals surface area contributed by atoms with Gasteiger partial charge in [0.05, 0.1) is 6.54 Å². The Morgan fingerprint density at radius 2 is 1.96 bits per heavy atom. The molecule has 28 heavy (non-hydrogen) atoms. The SMILES string of the molecule is CCn1cc(C#N)c(=O)n(CC(=O)c2cc(C)n(-c3cc(C)on3)c2C)c1=O. The molecule has 0 aliphatic carbocycles. The summed E-state index contributed by atoms with van der Waals surface area (Å²) in [6.45, 7) is 6.89. The second-order valence-electron chi connectivity index (χ2n) is 6.45. The van der Waals surface area contributed by atoms with Gasteiger partial charge in [-0.2, -0.15) is 5.26 Å². The van der Waals surface area contributed by atoms with Crippen LogP contribution in [-0.2, 0) is 13.1 Å². The molecule has 3 heterocycles. The van der Waals surface area contributed by atoms with Crippen molar-refractivity contribution in [3.63, 3.8) is 0 Å². The van der Waals surface area contributed by atoms with Gasteiger partial charge in [0.1, 0.15) is 17.4 Å². The Morgan fingerprint density at radius 3 is 2.54 bits per heavy atom. The van der Waals surface area contributed by atoms with Crippen LogP contribution in [0.4, 0.5) is 0 Å². The van der Waals surface area contributed by atoms with Crippen LogP contribution in [-0.4, -0.2) is 24.6 Å². The van der Waals surface area contributed by atoms with Gasteiger partial charge in [-0.3, -0.25) is 23.3 Å². The first-order valence-corrected chi connectivity index (χ1v) is 8.68. The predicted octanol–water partition coefficient (Wildman–Crippen LogP) is 1.49. The van der Waals surface area contributed by atoms with Crippen LogP contribution in [0.1, 0.15) is 40.0 Å². The van der Waals surface area contributed by atoms with E-state index in [1.165, 1.54) is 10.8 Å². The van der Waals surface area contributed by atoms with E-state index >= 15 is 0 Å². The highest BCUT2D eigenvalue weighted by Gasteiger charge is 2.21. The molecule has 144 valence electrons. The molecule has 0 bridgehead atoms. The summed E-state index contributed by atoms with van der Waals surface area (Å²) in [7, 11) is 0. The Morgan fingerprint density at radius 1 is 1.25 bits per heavy atom. The van der Waals surface area contributed by atoms with Gasteiger partial charge in [-0.15, -0.1) is 0 Å². The van der Waals surface area contributed by atoms with Gasteiger partial charge in [-0.25, -0.2) is 4.79 Å². The van der Waals surface area contributed by atoms with Gasteiger partial charge in [0, 0.05) is 35.8 Å². The maximum absolute atomic E-state index is 12.9. The number of aryl methyl sites for hydroxylation is 3. The van der Waals surface area contributed by atoms with Crippen LogP contribution in [0.25, 0.3) is 5.82 Å². The van der Waals surface area contributed by atoms with Crippen LogP contribution in [0.5, 0.6) is 0 Å². The van der Waals surface area contributed by atoms with Crippen molar-refractivity contribution in [1.82, 2.24) is 18.9 Å². The van der Waals surface area contributed by atoms with Gasteiger partial charge in [0.2, 0.25) is 0 Å². The second kappa shape index (κ2) is 7.15. The molecular formula is C19H19N5O4. The zero-order chi connectivity index (χ0) is 20.6. The van der Waals surface area contributed by atoms with E-state index in [1.54, 1.807) is 43.5 Å². The number of aromatic nitrogens is 4. The highest BCUT2D eigenvalue weighted by Crippen LogP contribution is 2.21. The number of carbonyl (C=O) groups is 1. The first-order chi connectivity index (χ1) is 13.3. The van der Waals surface area contributed by atoms with Crippen molar-refractivity contribution in [3.8, 4) is 11.9 Å². The molecule has 0 aliphatic rings. The fourth-order valence-corrected chi connectivity index (χ4v) is 3.18. The summed E-state index contributed by atoms with van der Waals surface area (Å²) in [4.78, 5) is 37.8. The summed E-state index contributed by atoms with van der Waals surface area (Å²) in [5.74, 6) is 0.774. The number of carbonyl (C=O) groups excluding carboxylic acids is 1. The lowest BCUT2D eigenvalue weighted by molar-refractivity contribution is 0.0968. The largest absolute Gasteiger partial charge is 0.360 e. The third kappa shape index (κ3) is 3.09. The number of Topliss-reactive ketones (excluding diaryl/α,β-unsaturated/α-hetero) is 1. The first kappa shape index (κ1) is 19.1. The lowest BCUT2D eigenvalue weighted by Crippen LogP contribution is -2.42. The third-order valence-corrected chi connectivity index (χ3v) is 4.58. The molecule has 0 N–H and O–H groups in total. The van der Waals surface area contributed by atoms with Crippen LogP contribution in [0.15, 0.2) is 32.4 Å². The minimum absolute atomic E-state index is 0.183. The van der Waals surface area contributed by atoms with Crippen molar-refractivity contribution in [1.29, 1.82) is 5.26 Å². The van der Waals surface area contributed by atoms with Crippen LogP contribution >= 0.6 is 0 Å². The van der Waals surface area contributed by atoms with Crippen molar-refractivity contribution < 1.29 is 9.32 Å². The number of ketones is 1. The molecule has 0 amide bonds. The summed E-state index contributed by atoms with van der Waals surface area (Å²) in [5, 5.41) is 13.1. The number of nitrogens with zero attached hydrogens (tertiary/aromatic N) is 5. The second-order valence-corrected chi connectivity index (χ2v) is 6.45. The molecule has 0 saturated heterocycles. The standard InChI is InChI=1S/C19H19N5O4/c1-5-22-9-14(8-20)18(26)23(19(22)27)10-16(25)15-6-11(2)24(13(15)4)17-7-12(3)28-21-17/h6-7,9H,5,10H2,1-4H3. The maximum Gasteiger partial charge on any atom is 0.331 e. The minimum atomic E-state index is -0.772. The molecule has 0 unspecified atom stereocenters. The van der Waals surface area contributed by atoms with E-state index in [0.717, 1.165) is 10.3 Å². The Bertz CT molecular complexity index is 1230. The van der Waals surface area contributed by atoms with Crippen molar-refractivity contribution in [3.05, 3.63) is 67.4 Å². The van der Waals surface area contributed by atoms with E-state index in [1.807, 2.05) is 6.92 Å². The van der Waals surface area contributed by atoms with Crippen LogP contribution in [0, 0.1) is 32.1 Å². The first-order valence-electron chi connectivity index (χ1n) is 8.68. The lowest BCUT2D eigenvalue weighted by atomic mass is 10.1. The average molecular weight is 381 g/mol. The van der Waals surface area contributed by atoms with E-state index in [9.17, 15) is 14.4 Å². The predicted molar refractivity (Wildman–Crippen MR) is 99.7 cm³/mol. The summed E-state index contributed by atoms with van der Waals surface area (Å²) >= 11 is 0. The summed E-state index contributed by atoms with van der Waals surface area (Å²) < 4.78 is 8.90. The van der Waals surface area contributed by atoms with Gasteiger partial charge in [-0.1, -0.05) is 5.16 Å². The van der Waals surface area contributed by atoms with Gasteiger partial charge < -0.3 is 4.52 Å². The number of rotatable bonds is 5. The Balaban J connectivity index is 2.05. The van der Waals surface area contributed by atoms with Crippen molar-refractivity contribution in [2.75, 3.05) is 0 Å². The van der Waals surface area contributed by atoms with Gasteiger partial charge in [0.15, 0.2) is 11.6 Å². The fraction of sp³-hybridized carbons (Fsp3) is 0.316. The van der Waals surface area contributed by atoms with Crippen molar-refractivity contribution >= 4 is 5.78 Å². The van der Waals surface area contributed by atoms with Gasteiger partial charge in [-0.05, 0) is 33.8 Å². The molecule has 3 rings (SSSR count). The molecule has 0 aromatic carbocycles. The summed E-state index contributed by atoms with van der Waals surface area (Å²) in [6.07, 6.45) is 1.21.